The number of piperazine rings is 1. The van der Waals surface area contributed by atoms with E-state index in [1.54, 1.807) is 28.0 Å². The van der Waals surface area contributed by atoms with Crippen LogP contribution in [0.15, 0.2) is 48.5 Å². The summed E-state index contributed by atoms with van der Waals surface area (Å²) in [5.74, 6) is 0.581. The van der Waals surface area contributed by atoms with Crippen LogP contribution in [-0.4, -0.2) is 54.4 Å². The van der Waals surface area contributed by atoms with Gasteiger partial charge in [0.15, 0.2) is 6.61 Å². The lowest BCUT2D eigenvalue weighted by Crippen LogP contribution is -2.51. The van der Waals surface area contributed by atoms with E-state index in [1.807, 2.05) is 37.3 Å². The van der Waals surface area contributed by atoms with Gasteiger partial charge in [0, 0.05) is 36.8 Å². The summed E-state index contributed by atoms with van der Waals surface area (Å²) in [6.45, 7) is 3.95. The number of rotatable bonds is 4. The van der Waals surface area contributed by atoms with E-state index < -0.39 is 0 Å². The van der Waals surface area contributed by atoms with Crippen LogP contribution in [0.4, 0.5) is 0 Å². The predicted octanol–water partition coefficient (Wildman–Crippen LogP) is 3.01. The fourth-order valence-electron chi connectivity index (χ4n) is 2.93. The molecule has 2 aromatic rings. The lowest BCUT2D eigenvalue weighted by atomic mass is 10.2. The van der Waals surface area contributed by atoms with Crippen molar-refractivity contribution in [3.63, 3.8) is 0 Å². The van der Waals surface area contributed by atoms with Gasteiger partial charge in [-0.2, -0.15) is 0 Å². The minimum atomic E-state index is -0.0776. The number of halogens is 1. The average Bonchev–Trinajstić information content (AvgIpc) is 2.67. The molecular formula is C20H21ClN2O3. The van der Waals surface area contributed by atoms with Crippen molar-refractivity contribution in [2.75, 3.05) is 32.8 Å². The number of nitrogens with zero attached hydrogens (tertiary/aromatic N) is 2. The summed E-state index contributed by atoms with van der Waals surface area (Å²) in [6.07, 6.45) is 0. The van der Waals surface area contributed by atoms with Crippen molar-refractivity contribution in [1.29, 1.82) is 0 Å². The maximum atomic E-state index is 12.4. The summed E-state index contributed by atoms with van der Waals surface area (Å²) in [5.41, 5.74) is 1.57. The quantitative estimate of drug-likeness (QED) is 0.829. The molecule has 1 aliphatic heterocycles. The Balaban J connectivity index is 1.50. The first-order chi connectivity index (χ1) is 12.5. The van der Waals surface area contributed by atoms with Gasteiger partial charge in [0.25, 0.3) is 11.8 Å². The molecule has 1 aliphatic rings. The molecule has 2 amide bonds. The molecule has 0 radical (unpaired) electrons. The van der Waals surface area contributed by atoms with Crippen molar-refractivity contribution in [3.05, 3.63) is 64.7 Å². The van der Waals surface area contributed by atoms with Crippen LogP contribution in [0.3, 0.4) is 0 Å². The highest BCUT2D eigenvalue weighted by atomic mass is 35.5. The minimum absolute atomic E-state index is 0.00531. The monoisotopic (exact) mass is 372 g/mol. The van der Waals surface area contributed by atoms with Crippen molar-refractivity contribution in [2.24, 2.45) is 0 Å². The Kier molecular flexibility index (Phi) is 5.78. The topological polar surface area (TPSA) is 49.9 Å². The summed E-state index contributed by atoms with van der Waals surface area (Å²) in [4.78, 5) is 28.3. The second kappa shape index (κ2) is 8.23. The third-order valence-electron chi connectivity index (χ3n) is 4.43. The molecule has 2 aromatic carbocycles. The molecule has 26 heavy (non-hydrogen) atoms. The van der Waals surface area contributed by atoms with Gasteiger partial charge in [0.05, 0.1) is 0 Å². The van der Waals surface area contributed by atoms with Crippen molar-refractivity contribution < 1.29 is 14.3 Å². The van der Waals surface area contributed by atoms with Crippen LogP contribution in [0.25, 0.3) is 0 Å². The van der Waals surface area contributed by atoms with Crippen LogP contribution in [0, 0.1) is 6.92 Å². The first-order valence-corrected chi connectivity index (χ1v) is 8.93. The highest BCUT2D eigenvalue weighted by molar-refractivity contribution is 6.30. The highest BCUT2D eigenvalue weighted by Gasteiger charge is 2.25. The van der Waals surface area contributed by atoms with E-state index >= 15 is 0 Å². The molecule has 0 spiro atoms. The number of ether oxygens (including phenoxy) is 1. The lowest BCUT2D eigenvalue weighted by Gasteiger charge is -2.34. The van der Waals surface area contributed by atoms with Crippen LogP contribution in [0.1, 0.15) is 15.9 Å². The zero-order valence-electron chi connectivity index (χ0n) is 14.7. The first-order valence-electron chi connectivity index (χ1n) is 8.55. The zero-order chi connectivity index (χ0) is 18.5. The number of benzene rings is 2. The van der Waals surface area contributed by atoms with E-state index in [0.717, 1.165) is 5.56 Å². The molecule has 1 fully saturated rings. The van der Waals surface area contributed by atoms with Gasteiger partial charge in [0.1, 0.15) is 5.75 Å². The third-order valence-corrected chi connectivity index (χ3v) is 4.66. The fraction of sp³-hybridized carbons (Fsp3) is 0.300. The molecule has 3 rings (SSSR count). The molecule has 0 N–H and O–H groups in total. The Morgan fingerprint density at radius 1 is 1.00 bits per heavy atom. The van der Waals surface area contributed by atoms with Crippen LogP contribution in [0.5, 0.6) is 5.75 Å². The molecule has 0 saturated carbocycles. The number of carbonyl (C=O) groups is 2. The van der Waals surface area contributed by atoms with E-state index in [2.05, 4.69) is 0 Å². The van der Waals surface area contributed by atoms with Crippen LogP contribution in [0.2, 0.25) is 5.02 Å². The number of hydrogen-bond donors (Lipinski definition) is 0. The molecule has 0 aliphatic carbocycles. The highest BCUT2D eigenvalue weighted by Crippen LogP contribution is 2.21. The molecule has 136 valence electrons. The maximum Gasteiger partial charge on any atom is 0.260 e. The van der Waals surface area contributed by atoms with Crippen molar-refractivity contribution in [2.45, 2.75) is 6.92 Å². The van der Waals surface area contributed by atoms with E-state index in [0.29, 0.717) is 42.5 Å². The predicted molar refractivity (Wildman–Crippen MR) is 101 cm³/mol. The van der Waals surface area contributed by atoms with Gasteiger partial charge in [-0.25, -0.2) is 0 Å². The standard InChI is InChI=1S/C20H21ClN2O3/c1-15-13-17(21)7-8-18(15)26-14-19(24)22-9-11-23(12-10-22)20(25)16-5-3-2-4-6-16/h2-8,13H,9-12,14H2,1H3. The van der Waals surface area contributed by atoms with Gasteiger partial charge >= 0.3 is 0 Å². The second-order valence-corrected chi connectivity index (χ2v) is 6.67. The lowest BCUT2D eigenvalue weighted by molar-refractivity contribution is -0.134. The Morgan fingerprint density at radius 2 is 1.65 bits per heavy atom. The molecule has 0 atom stereocenters. The van der Waals surface area contributed by atoms with E-state index in [4.69, 9.17) is 16.3 Å². The van der Waals surface area contributed by atoms with Gasteiger partial charge in [-0.05, 0) is 42.8 Å². The Hall–Kier alpha value is -2.53. The van der Waals surface area contributed by atoms with Crippen LogP contribution >= 0.6 is 11.6 Å². The molecular weight excluding hydrogens is 352 g/mol. The number of aryl methyl sites for hydroxylation is 1. The van der Waals surface area contributed by atoms with Crippen molar-refractivity contribution >= 4 is 23.4 Å². The smallest absolute Gasteiger partial charge is 0.260 e. The zero-order valence-corrected chi connectivity index (χ0v) is 15.4. The van der Waals surface area contributed by atoms with Gasteiger partial charge in [-0.1, -0.05) is 29.8 Å². The van der Waals surface area contributed by atoms with Gasteiger partial charge in [-0.3, -0.25) is 9.59 Å². The molecule has 1 saturated heterocycles. The van der Waals surface area contributed by atoms with Crippen LogP contribution in [-0.2, 0) is 4.79 Å². The third kappa shape index (κ3) is 4.35. The number of carbonyl (C=O) groups excluding carboxylic acids is 2. The minimum Gasteiger partial charge on any atom is -0.483 e. The largest absolute Gasteiger partial charge is 0.483 e. The van der Waals surface area contributed by atoms with E-state index in [9.17, 15) is 9.59 Å². The fourth-order valence-corrected chi connectivity index (χ4v) is 3.15. The number of amides is 2. The SMILES string of the molecule is Cc1cc(Cl)ccc1OCC(=O)N1CCN(C(=O)c2ccccc2)CC1. The average molecular weight is 373 g/mol. The van der Waals surface area contributed by atoms with E-state index in [1.165, 1.54) is 0 Å². The van der Waals surface area contributed by atoms with Crippen molar-refractivity contribution in [1.82, 2.24) is 9.80 Å². The molecule has 5 nitrogen and oxygen atoms in total. The van der Waals surface area contributed by atoms with Gasteiger partial charge in [-0.15, -0.1) is 0 Å². The van der Waals surface area contributed by atoms with E-state index in [-0.39, 0.29) is 18.4 Å². The Morgan fingerprint density at radius 3 is 2.31 bits per heavy atom. The van der Waals surface area contributed by atoms with Gasteiger partial charge in [0.2, 0.25) is 0 Å². The summed E-state index contributed by atoms with van der Waals surface area (Å²) in [7, 11) is 0. The molecule has 0 unspecified atom stereocenters. The summed E-state index contributed by atoms with van der Waals surface area (Å²) < 4.78 is 5.62. The molecule has 0 bridgehead atoms. The molecule has 6 heteroatoms. The normalized spacial score (nSPS) is 14.2. The number of hydrogen-bond acceptors (Lipinski definition) is 3. The van der Waals surface area contributed by atoms with Crippen molar-refractivity contribution in [3.8, 4) is 5.75 Å². The summed E-state index contributed by atoms with van der Waals surface area (Å²) in [6, 6.07) is 14.5. The Bertz CT molecular complexity index is 787. The second-order valence-electron chi connectivity index (χ2n) is 6.24. The molecule has 1 heterocycles. The maximum absolute atomic E-state index is 12.4. The van der Waals surface area contributed by atoms with Gasteiger partial charge < -0.3 is 14.5 Å². The summed E-state index contributed by atoms with van der Waals surface area (Å²) in [5, 5.41) is 0.639. The molecule has 0 aromatic heterocycles. The summed E-state index contributed by atoms with van der Waals surface area (Å²) >= 11 is 5.92. The van der Waals surface area contributed by atoms with Crippen LogP contribution < -0.4 is 4.74 Å². The Labute approximate surface area is 158 Å². The first kappa shape index (κ1) is 18.3.